The van der Waals surface area contributed by atoms with E-state index in [1.54, 1.807) is 7.11 Å². The van der Waals surface area contributed by atoms with Crippen LogP contribution >= 0.6 is 12.6 Å². The van der Waals surface area contributed by atoms with Crippen molar-refractivity contribution in [3.8, 4) is 17.6 Å². The topological polar surface area (TPSA) is 9.23 Å². The molecule has 14 heavy (non-hydrogen) atoms. The first-order valence-corrected chi connectivity index (χ1v) is 5.07. The highest BCUT2D eigenvalue weighted by Crippen LogP contribution is 2.21. The molecule has 0 atom stereocenters. The Bertz CT molecular complexity index is 385. The van der Waals surface area contributed by atoms with Gasteiger partial charge in [-0.25, -0.2) is 0 Å². The molecule has 0 heterocycles. The van der Waals surface area contributed by atoms with E-state index in [4.69, 9.17) is 4.74 Å². The van der Waals surface area contributed by atoms with Crippen LogP contribution in [-0.4, -0.2) is 12.9 Å². The van der Waals surface area contributed by atoms with Gasteiger partial charge in [-0.05, 0) is 37.1 Å². The Hall–Kier alpha value is -1.07. The molecular formula is C12H14OS. The number of aryl methyl sites for hydroxylation is 2. The van der Waals surface area contributed by atoms with Gasteiger partial charge in [0.1, 0.15) is 5.75 Å². The van der Waals surface area contributed by atoms with Crippen molar-refractivity contribution in [3.05, 3.63) is 28.8 Å². The third kappa shape index (κ3) is 2.46. The summed E-state index contributed by atoms with van der Waals surface area (Å²) in [5, 5.41) is 0. The van der Waals surface area contributed by atoms with E-state index in [-0.39, 0.29) is 0 Å². The van der Waals surface area contributed by atoms with Crippen LogP contribution in [0.4, 0.5) is 0 Å². The van der Waals surface area contributed by atoms with E-state index in [1.165, 1.54) is 0 Å². The van der Waals surface area contributed by atoms with Gasteiger partial charge in [0.15, 0.2) is 0 Å². The molecule has 0 bridgehead atoms. The van der Waals surface area contributed by atoms with Gasteiger partial charge < -0.3 is 4.74 Å². The quantitative estimate of drug-likeness (QED) is 0.549. The van der Waals surface area contributed by atoms with Crippen molar-refractivity contribution < 1.29 is 4.74 Å². The molecule has 0 aliphatic rings. The Morgan fingerprint density at radius 2 is 2.00 bits per heavy atom. The van der Waals surface area contributed by atoms with Crippen LogP contribution < -0.4 is 4.74 Å². The fourth-order valence-corrected chi connectivity index (χ4v) is 1.36. The van der Waals surface area contributed by atoms with Crippen LogP contribution in [0.2, 0.25) is 0 Å². The molecule has 0 saturated heterocycles. The Morgan fingerprint density at radius 3 is 2.57 bits per heavy atom. The zero-order valence-electron chi connectivity index (χ0n) is 8.72. The lowest BCUT2D eigenvalue weighted by molar-refractivity contribution is 0.411. The molecule has 74 valence electrons. The summed E-state index contributed by atoms with van der Waals surface area (Å²) in [5.74, 6) is 7.52. The summed E-state index contributed by atoms with van der Waals surface area (Å²) in [6.07, 6.45) is 0. The minimum Gasteiger partial charge on any atom is -0.496 e. The molecule has 0 aliphatic carbocycles. The van der Waals surface area contributed by atoms with Crippen molar-refractivity contribution in [2.24, 2.45) is 0 Å². The van der Waals surface area contributed by atoms with Crippen LogP contribution in [0.5, 0.6) is 5.75 Å². The number of benzene rings is 1. The molecule has 1 nitrogen and oxygen atoms in total. The molecule has 0 spiro atoms. The number of hydrogen-bond donors (Lipinski definition) is 1. The zero-order chi connectivity index (χ0) is 10.6. The van der Waals surface area contributed by atoms with E-state index in [0.29, 0.717) is 5.75 Å². The van der Waals surface area contributed by atoms with Crippen molar-refractivity contribution in [3.63, 3.8) is 0 Å². The number of ether oxygens (including phenoxy) is 1. The van der Waals surface area contributed by atoms with Gasteiger partial charge in [-0.2, -0.15) is 12.6 Å². The first-order chi connectivity index (χ1) is 6.69. The largest absolute Gasteiger partial charge is 0.496 e. The van der Waals surface area contributed by atoms with Crippen LogP contribution in [-0.2, 0) is 0 Å². The minimum atomic E-state index is 0.588. The molecule has 0 radical (unpaired) electrons. The van der Waals surface area contributed by atoms with Crippen molar-refractivity contribution in [2.75, 3.05) is 12.9 Å². The van der Waals surface area contributed by atoms with Crippen LogP contribution in [0.25, 0.3) is 0 Å². The number of rotatable bonds is 1. The van der Waals surface area contributed by atoms with Crippen LogP contribution in [0.15, 0.2) is 12.1 Å². The highest BCUT2D eigenvalue weighted by atomic mass is 32.1. The number of methoxy groups -OCH3 is 1. The monoisotopic (exact) mass is 206 g/mol. The molecule has 1 aromatic carbocycles. The van der Waals surface area contributed by atoms with Crippen molar-refractivity contribution in [1.82, 2.24) is 0 Å². The van der Waals surface area contributed by atoms with Gasteiger partial charge in [0.05, 0.1) is 12.9 Å². The summed E-state index contributed by atoms with van der Waals surface area (Å²) in [4.78, 5) is 0. The average molecular weight is 206 g/mol. The van der Waals surface area contributed by atoms with E-state index in [1.807, 2.05) is 26.0 Å². The predicted octanol–water partition coefficient (Wildman–Crippen LogP) is 2.59. The van der Waals surface area contributed by atoms with E-state index in [0.717, 1.165) is 22.4 Å². The molecule has 0 aromatic heterocycles. The maximum Gasteiger partial charge on any atom is 0.122 e. The lowest BCUT2D eigenvalue weighted by Crippen LogP contribution is -1.91. The molecule has 0 unspecified atom stereocenters. The highest BCUT2D eigenvalue weighted by molar-refractivity contribution is 7.80. The first-order valence-electron chi connectivity index (χ1n) is 4.44. The standard InChI is InChI=1S/C12H14OS/c1-9-8-12(13-3)10(2)7-11(9)5-4-6-14/h7-8,14H,6H2,1-3H3. The lowest BCUT2D eigenvalue weighted by atomic mass is 10.1. The van der Waals surface area contributed by atoms with Gasteiger partial charge >= 0.3 is 0 Å². The second-order valence-corrected chi connectivity index (χ2v) is 3.41. The van der Waals surface area contributed by atoms with E-state index in [9.17, 15) is 0 Å². The van der Waals surface area contributed by atoms with Gasteiger partial charge in [0.2, 0.25) is 0 Å². The fourth-order valence-electron chi connectivity index (χ4n) is 1.28. The lowest BCUT2D eigenvalue weighted by Gasteiger charge is -2.07. The number of thiol groups is 1. The maximum atomic E-state index is 5.22. The molecule has 1 aromatic rings. The Labute approximate surface area is 90.9 Å². The number of hydrogen-bond acceptors (Lipinski definition) is 2. The summed E-state index contributed by atoms with van der Waals surface area (Å²) >= 11 is 4.05. The van der Waals surface area contributed by atoms with Gasteiger partial charge in [-0.15, -0.1) is 0 Å². The second kappa shape index (κ2) is 4.97. The highest BCUT2D eigenvalue weighted by Gasteiger charge is 2.02. The summed E-state index contributed by atoms with van der Waals surface area (Å²) in [6.45, 7) is 4.05. The Morgan fingerprint density at radius 1 is 1.29 bits per heavy atom. The van der Waals surface area contributed by atoms with Crippen LogP contribution in [0.3, 0.4) is 0 Å². The summed E-state index contributed by atoms with van der Waals surface area (Å²) in [5.41, 5.74) is 3.31. The maximum absolute atomic E-state index is 5.22. The predicted molar refractivity (Wildman–Crippen MR) is 63.2 cm³/mol. The molecule has 0 amide bonds. The summed E-state index contributed by atoms with van der Waals surface area (Å²) in [7, 11) is 1.68. The molecule has 2 heteroatoms. The third-order valence-corrected chi connectivity index (χ3v) is 2.20. The molecule has 0 fully saturated rings. The SMILES string of the molecule is COc1cc(C)c(C#CCS)cc1C. The van der Waals surface area contributed by atoms with Gasteiger partial charge in [-0.3, -0.25) is 0 Å². The first kappa shape index (κ1) is 11.0. The minimum absolute atomic E-state index is 0.588. The van der Waals surface area contributed by atoms with E-state index in [2.05, 4.69) is 24.5 Å². The third-order valence-electron chi connectivity index (χ3n) is 2.04. The Balaban J connectivity index is 3.15. The smallest absolute Gasteiger partial charge is 0.122 e. The van der Waals surface area contributed by atoms with Crippen molar-refractivity contribution in [1.29, 1.82) is 0 Å². The second-order valence-electron chi connectivity index (χ2n) is 3.10. The van der Waals surface area contributed by atoms with Gasteiger partial charge in [-0.1, -0.05) is 11.8 Å². The molecule has 0 N–H and O–H groups in total. The van der Waals surface area contributed by atoms with E-state index >= 15 is 0 Å². The summed E-state index contributed by atoms with van der Waals surface area (Å²) < 4.78 is 5.22. The molecule has 0 aliphatic heterocycles. The van der Waals surface area contributed by atoms with E-state index < -0.39 is 0 Å². The van der Waals surface area contributed by atoms with Crippen molar-refractivity contribution in [2.45, 2.75) is 13.8 Å². The molecular weight excluding hydrogens is 192 g/mol. The molecule has 1 rings (SSSR count). The zero-order valence-corrected chi connectivity index (χ0v) is 9.61. The van der Waals surface area contributed by atoms with Gasteiger partial charge in [0, 0.05) is 5.56 Å². The summed E-state index contributed by atoms with van der Waals surface area (Å²) in [6, 6.07) is 4.06. The Kier molecular flexibility index (Phi) is 3.91. The molecule has 0 saturated carbocycles. The van der Waals surface area contributed by atoms with Crippen molar-refractivity contribution >= 4 is 12.6 Å². The average Bonchev–Trinajstić information content (AvgIpc) is 2.18. The van der Waals surface area contributed by atoms with Gasteiger partial charge in [0.25, 0.3) is 0 Å². The fraction of sp³-hybridized carbons (Fsp3) is 0.333. The van der Waals surface area contributed by atoms with Crippen LogP contribution in [0, 0.1) is 25.7 Å². The normalized spacial score (nSPS) is 9.14. The van der Waals surface area contributed by atoms with Crippen LogP contribution in [0.1, 0.15) is 16.7 Å².